The number of rotatable bonds is 6. The van der Waals surface area contributed by atoms with E-state index in [1.807, 2.05) is 38.3 Å². The summed E-state index contributed by atoms with van der Waals surface area (Å²) in [6.07, 6.45) is 0.535. The summed E-state index contributed by atoms with van der Waals surface area (Å²) in [5.41, 5.74) is 0.897. The highest BCUT2D eigenvalue weighted by Crippen LogP contribution is 2.16. The minimum atomic E-state index is -0.614. The van der Waals surface area contributed by atoms with Crippen molar-refractivity contribution in [1.29, 1.82) is 5.26 Å². The van der Waals surface area contributed by atoms with Crippen molar-refractivity contribution in [3.63, 3.8) is 0 Å². The predicted molar refractivity (Wildman–Crippen MR) is 78.4 cm³/mol. The Bertz CT molecular complexity index is 517. The zero-order valence-corrected chi connectivity index (χ0v) is 12.7. The van der Waals surface area contributed by atoms with Crippen molar-refractivity contribution in [2.45, 2.75) is 33.2 Å². The predicted octanol–water partition coefficient (Wildman–Crippen LogP) is 1.84. The van der Waals surface area contributed by atoms with Crippen molar-refractivity contribution in [2.24, 2.45) is 5.92 Å². The molecule has 0 radical (unpaired) electrons. The second kappa shape index (κ2) is 7.65. The molecule has 5 nitrogen and oxygen atoms in total. The molecule has 0 saturated carbocycles. The number of nitrogens with zero attached hydrogens (tertiary/aromatic N) is 1. The fraction of sp³-hybridized carbons (Fsp3) is 0.500. The molecule has 1 aromatic heterocycles. The fourth-order valence-corrected chi connectivity index (χ4v) is 2.61. The van der Waals surface area contributed by atoms with E-state index in [1.165, 1.54) is 11.3 Å². The molecule has 0 bridgehead atoms. The maximum atomic E-state index is 12.2. The van der Waals surface area contributed by atoms with Crippen molar-refractivity contribution in [3.05, 3.63) is 21.9 Å². The average Bonchev–Trinajstić information content (AvgIpc) is 2.80. The van der Waals surface area contributed by atoms with E-state index in [4.69, 9.17) is 5.26 Å². The topological polar surface area (TPSA) is 82.0 Å². The lowest BCUT2D eigenvalue weighted by molar-refractivity contribution is -0.123. The van der Waals surface area contributed by atoms with Gasteiger partial charge in [-0.1, -0.05) is 13.8 Å². The van der Waals surface area contributed by atoms with Crippen LogP contribution in [-0.2, 0) is 4.79 Å². The van der Waals surface area contributed by atoms with Gasteiger partial charge in [-0.25, -0.2) is 0 Å². The highest BCUT2D eigenvalue weighted by atomic mass is 32.1. The lowest BCUT2D eigenvalue weighted by atomic mass is 10.0. The SMILES string of the molecule is Cc1ccsc1C(=O)N[C@@H](CC(C)C)C(=O)NCC#N. The number of aryl methyl sites for hydroxylation is 1. The van der Waals surface area contributed by atoms with Crippen LogP contribution in [0.2, 0.25) is 0 Å². The first-order chi connectivity index (χ1) is 9.45. The minimum Gasteiger partial charge on any atom is -0.341 e. The van der Waals surface area contributed by atoms with Gasteiger partial charge in [0.15, 0.2) is 0 Å². The highest BCUT2D eigenvalue weighted by Gasteiger charge is 2.23. The van der Waals surface area contributed by atoms with E-state index in [1.54, 1.807) is 0 Å². The molecule has 2 amide bonds. The molecule has 108 valence electrons. The first-order valence-electron chi connectivity index (χ1n) is 6.45. The summed E-state index contributed by atoms with van der Waals surface area (Å²) in [7, 11) is 0. The molecule has 1 atom stereocenters. The molecule has 0 aliphatic carbocycles. The number of hydrogen-bond acceptors (Lipinski definition) is 4. The summed E-state index contributed by atoms with van der Waals surface area (Å²) in [6, 6.07) is 3.11. The molecule has 1 aromatic rings. The van der Waals surface area contributed by atoms with Crippen LogP contribution < -0.4 is 10.6 Å². The Labute approximate surface area is 123 Å². The normalized spacial score (nSPS) is 11.8. The molecule has 0 aromatic carbocycles. The van der Waals surface area contributed by atoms with E-state index in [2.05, 4.69) is 10.6 Å². The Balaban J connectivity index is 2.74. The number of carbonyl (C=O) groups excluding carboxylic acids is 2. The molecule has 1 rings (SSSR count). The summed E-state index contributed by atoms with van der Waals surface area (Å²) >= 11 is 1.35. The first-order valence-corrected chi connectivity index (χ1v) is 7.33. The Morgan fingerprint density at radius 2 is 2.15 bits per heavy atom. The van der Waals surface area contributed by atoms with E-state index < -0.39 is 6.04 Å². The Kier molecular flexibility index (Phi) is 6.19. The molecule has 0 saturated heterocycles. The van der Waals surface area contributed by atoms with E-state index in [-0.39, 0.29) is 24.3 Å². The lowest BCUT2D eigenvalue weighted by Crippen LogP contribution is -2.47. The Morgan fingerprint density at radius 3 is 2.65 bits per heavy atom. The summed E-state index contributed by atoms with van der Waals surface area (Å²) in [5, 5.41) is 15.6. The van der Waals surface area contributed by atoms with Crippen LogP contribution >= 0.6 is 11.3 Å². The molecule has 20 heavy (non-hydrogen) atoms. The molecule has 2 N–H and O–H groups in total. The van der Waals surface area contributed by atoms with Gasteiger partial charge in [-0.2, -0.15) is 5.26 Å². The zero-order valence-electron chi connectivity index (χ0n) is 11.9. The number of hydrogen-bond donors (Lipinski definition) is 2. The third-order valence-electron chi connectivity index (χ3n) is 2.74. The summed E-state index contributed by atoms with van der Waals surface area (Å²) in [5.74, 6) is -0.296. The van der Waals surface area contributed by atoms with Crippen LogP contribution in [0.3, 0.4) is 0 Å². The fourth-order valence-electron chi connectivity index (χ4n) is 1.78. The van der Waals surface area contributed by atoms with Gasteiger partial charge in [-0.15, -0.1) is 11.3 Å². The molecular weight excluding hydrogens is 274 g/mol. The third-order valence-corrected chi connectivity index (χ3v) is 3.75. The van der Waals surface area contributed by atoms with Crippen LogP contribution in [0.1, 0.15) is 35.5 Å². The number of amides is 2. The largest absolute Gasteiger partial charge is 0.341 e. The van der Waals surface area contributed by atoms with Gasteiger partial charge in [0, 0.05) is 0 Å². The van der Waals surface area contributed by atoms with E-state index in [0.29, 0.717) is 11.3 Å². The van der Waals surface area contributed by atoms with Crippen LogP contribution in [0.25, 0.3) is 0 Å². The Morgan fingerprint density at radius 1 is 1.45 bits per heavy atom. The number of nitriles is 1. The lowest BCUT2D eigenvalue weighted by Gasteiger charge is -2.19. The number of thiophene rings is 1. The highest BCUT2D eigenvalue weighted by molar-refractivity contribution is 7.12. The van der Waals surface area contributed by atoms with Crippen LogP contribution in [0.5, 0.6) is 0 Å². The zero-order chi connectivity index (χ0) is 15.1. The van der Waals surface area contributed by atoms with Gasteiger partial charge in [0.05, 0.1) is 10.9 Å². The van der Waals surface area contributed by atoms with Crippen LogP contribution in [0.15, 0.2) is 11.4 Å². The van der Waals surface area contributed by atoms with E-state index >= 15 is 0 Å². The summed E-state index contributed by atoms with van der Waals surface area (Å²) in [4.78, 5) is 24.7. The van der Waals surface area contributed by atoms with Gasteiger partial charge in [0.2, 0.25) is 5.91 Å². The second-order valence-electron chi connectivity index (χ2n) is 4.96. The maximum Gasteiger partial charge on any atom is 0.262 e. The standard InChI is InChI=1S/C14H19N3O2S/c1-9(2)8-11(13(18)16-6-5-15)17-14(19)12-10(3)4-7-20-12/h4,7,9,11H,6,8H2,1-3H3,(H,16,18)(H,17,19)/t11-/m0/s1. The molecule has 1 heterocycles. The van der Waals surface area contributed by atoms with Crippen LogP contribution in [0.4, 0.5) is 0 Å². The second-order valence-corrected chi connectivity index (χ2v) is 5.88. The van der Waals surface area contributed by atoms with Crippen molar-refractivity contribution in [1.82, 2.24) is 10.6 Å². The van der Waals surface area contributed by atoms with Crippen LogP contribution in [-0.4, -0.2) is 24.4 Å². The van der Waals surface area contributed by atoms with Crippen molar-refractivity contribution in [3.8, 4) is 6.07 Å². The van der Waals surface area contributed by atoms with Crippen molar-refractivity contribution < 1.29 is 9.59 Å². The molecule has 0 aliphatic rings. The molecule has 0 aliphatic heterocycles. The van der Waals surface area contributed by atoms with Gasteiger partial charge >= 0.3 is 0 Å². The van der Waals surface area contributed by atoms with Crippen molar-refractivity contribution >= 4 is 23.2 Å². The van der Waals surface area contributed by atoms with E-state index in [0.717, 1.165) is 5.56 Å². The minimum absolute atomic E-state index is 0.0542. The smallest absolute Gasteiger partial charge is 0.262 e. The van der Waals surface area contributed by atoms with Gasteiger partial charge < -0.3 is 10.6 Å². The molecular formula is C14H19N3O2S. The average molecular weight is 293 g/mol. The number of carbonyl (C=O) groups is 2. The summed E-state index contributed by atoms with van der Waals surface area (Å²) < 4.78 is 0. The third kappa shape index (κ3) is 4.67. The first kappa shape index (κ1) is 16.2. The number of nitrogens with one attached hydrogen (secondary N) is 2. The molecule has 0 fully saturated rings. The van der Waals surface area contributed by atoms with Gasteiger partial charge in [0.25, 0.3) is 5.91 Å². The van der Waals surface area contributed by atoms with Gasteiger partial charge in [0.1, 0.15) is 12.6 Å². The van der Waals surface area contributed by atoms with Crippen molar-refractivity contribution in [2.75, 3.05) is 6.54 Å². The molecule has 0 spiro atoms. The monoisotopic (exact) mass is 293 g/mol. The quantitative estimate of drug-likeness (QED) is 0.785. The van der Waals surface area contributed by atoms with Crippen LogP contribution in [0, 0.1) is 24.2 Å². The van der Waals surface area contributed by atoms with E-state index in [9.17, 15) is 9.59 Å². The maximum absolute atomic E-state index is 12.2. The van der Waals surface area contributed by atoms with Gasteiger partial charge in [-0.05, 0) is 36.3 Å². The molecule has 6 heteroatoms. The molecule has 0 unspecified atom stereocenters. The summed E-state index contributed by atoms with van der Waals surface area (Å²) in [6.45, 7) is 5.76. The van der Waals surface area contributed by atoms with Gasteiger partial charge in [-0.3, -0.25) is 9.59 Å². The Hall–Kier alpha value is -1.87.